The summed E-state index contributed by atoms with van der Waals surface area (Å²) in [4.78, 5) is 0. The third kappa shape index (κ3) is 17.6. The fraction of sp³-hybridized carbons (Fsp3) is 0.692. The molecule has 0 amide bonds. The predicted octanol–water partition coefficient (Wildman–Crippen LogP) is 15.0. The maximum Gasteiger partial charge on any atom is 2.00 e. The summed E-state index contributed by atoms with van der Waals surface area (Å²) in [6, 6.07) is 15.5. The molecule has 61 heavy (non-hydrogen) atoms. The van der Waals surface area contributed by atoms with E-state index in [9.17, 15) is 25.9 Å². The molecule has 0 heterocycles. The normalized spacial score (nSPS) is 18.5. The van der Waals surface area contributed by atoms with Crippen LogP contribution in [0.25, 0.3) is 11.1 Å². The van der Waals surface area contributed by atoms with Crippen LogP contribution in [0.4, 0.5) is 0 Å². The molecule has 4 rings (SSSR count). The molecule has 0 N–H and O–H groups in total. The number of hydrogen-bond donors (Lipinski definition) is 0. The van der Waals surface area contributed by atoms with Crippen LogP contribution >= 0.6 is 0 Å². The minimum absolute atomic E-state index is 0. The Morgan fingerprint density at radius 2 is 0.705 bits per heavy atom. The van der Waals surface area contributed by atoms with Gasteiger partial charge < -0.3 is 9.11 Å². The molecule has 2 atom stereocenters. The number of fused-ring (bicyclic) bond motifs is 2. The van der Waals surface area contributed by atoms with E-state index in [1.165, 1.54) is 101 Å². The molecule has 9 heteroatoms. The molecule has 2 aliphatic rings. The third-order valence-corrected chi connectivity index (χ3v) is 16.4. The quantitative estimate of drug-likeness (QED) is 0.0437. The zero-order valence-corrected chi connectivity index (χ0v) is 45.0. The molecule has 0 saturated heterocycles. The van der Waals surface area contributed by atoms with Crippen molar-refractivity contribution in [3.8, 4) is 0 Å². The number of rotatable bonds is 30. The Labute approximate surface area is 415 Å². The van der Waals surface area contributed by atoms with E-state index in [0.717, 1.165) is 99.3 Å². The summed E-state index contributed by atoms with van der Waals surface area (Å²) >= 11 is 0. The van der Waals surface area contributed by atoms with Crippen molar-refractivity contribution >= 4 is 80.3 Å². The van der Waals surface area contributed by atoms with Gasteiger partial charge in [-0.3, -0.25) is 0 Å². The third-order valence-electron chi connectivity index (χ3n) is 13.3. The van der Waals surface area contributed by atoms with Gasteiger partial charge in [0, 0.05) is 0 Å². The number of unbranched alkanes of at least 4 members (excludes halogenated alkanes) is 20. The van der Waals surface area contributed by atoms with Crippen molar-refractivity contribution in [2.24, 2.45) is 0 Å². The summed E-state index contributed by atoms with van der Waals surface area (Å²) in [6.07, 6.45) is 35.9. The van der Waals surface area contributed by atoms with Crippen molar-refractivity contribution < 1.29 is 25.9 Å². The summed E-state index contributed by atoms with van der Waals surface area (Å²) < 4.78 is 72.2. The van der Waals surface area contributed by atoms with Crippen molar-refractivity contribution in [3.05, 3.63) is 82.9 Å². The van der Waals surface area contributed by atoms with Crippen molar-refractivity contribution in [1.29, 1.82) is 0 Å². The number of allylic oxidation sites excluding steroid dienone is 4. The Hall–Kier alpha value is -0.689. The first-order valence-corrected chi connectivity index (χ1v) is 27.2. The van der Waals surface area contributed by atoms with Crippen LogP contribution in [0.1, 0.15) is 243 Å². The van der Waals surface area contributed by atoms with Gasteiger partial charge in [0.2, 0.25) is 0 Å². The smallest absolute Gasteiger partial charge is 0.747 e. The minimum Gasteiger partial charge on any atom is -0.747 e. The van der Waals surface area contributed by atoms with E-state index in [2.05, 4.69) is 39.8 Å². The molecule has 0 fully saturated rings. The van der Waals surface area contributed by atoms with Crippen LogP contribution in [-0.4, -0.2) is 74.8 Å². The van der Waals surface area contributed by atoms with Crippen LogP contribution in [0.3, 0.4) is 0 Å². The van der Waals surface area contributed by atoms with E-state index < -0.39 is 29.7 Å². The van der Waals surface area contributed by atoms with E-state index in [1.807, 2.05) is 48.5 Å². The van der Waals surface area contributed by atoms with Crippen LogP contribution in [0, 0.1) is 0 Å². The molecule has 6 nitrogen and oxygen atoms in total. The zero-order chi connectivity index (χ0) is 43.7. The van der Waals surface area contributed by atoms with Crippen LogP contribution in [0.15, 0.2) is 60.7 Å². The van der Waals surface area contributed by atoms with Crippen molar-refractivity contribution in [1.82, 2.24) is 0 Å². The molecule has 0 spiro atoms. The van der Waals surface area contributed by atoms with Gasteiger partial charge in [-0.25, -0.2) is 16.8 Å². The van der Waals surface area contributed by atoms with Crippen molar-refractivity contribution in [2.75, 3.05) is 0 Å². The second kappa shape index (κ2) is 30.5. The molecule has 2 aromatic carbocycles. The van der Waals surface area contributed by atoms with Gasteiger partial charge in [0.05, 0.1) is 9.49 Å². The van der Waals surface area contributed by atoms with Gasteiger partial charge in [-0.2, -0.15) is 0 Å². The van der Waals surface area contributed by atoms with Gasteiger partial charge in [-0.15, -0.1) is 0 Å². The first kappa shape index (κ1) is 56.4. The van der Waals surface area contributed by atoms with E-state index >= 15 is 0 Å². The van der Waals surface area contributed by atoms with Crippen molar-refractivity contribution in [2.45, 2.75) is 230 Å². The minimum atomic E-state index is -4.45. The van der Waals surface area contributed by atoms with E-state index in [0.29, 0.717) is 25.7 Å². The fourth-order valence-corrected chi connectivity index (χ4v) is 11.8. The summed E-state index contributed by atoms with van der Waals surface area (Å²) in [7, 11) is -8.89. The first-order valence-electron chi connectivity index (χ1n) is 24.4. The summed E-state index contributed by atoms with van der Waals surface area (Å²) in [6.45, 7) is 8.76. The average molecular weight is 1000 g/mol. The second-order valence-corrected chi connectivity index (χ2v) is 21.3. The summed E-state index contributed by atoms with van der Waals surface area (Å²) in [5, 5.41) is 0. The van der Waals surface area contributed by atoms with Crippen molar-refractivity contribution in [3.63, 3.8) is 0 Å². The van der Waals surface area contributed by atoms with Gasteiger partial charge >= 0.3 is 48.9 Å². The van der Waals surface area contributed by atoms with E-state index in [-0.39, 0.29) is 48.9 Å². The van der Waals surface area contributed by atoms with E-state index in [4.69, 9.17) is 0 Å². The van der Waals surface area contributed by atoms with Gasteiger partial charge in [0.15, 0.2) is 0 Å². The maximum absolute atomic E-state index is 12.5. The van der Waals surface area contributed by atoms with Crippen LogP contribution < -0.4 is 0 Å². The predicted molar refractivity (Wildman–Crippen MR) is 259 cm³/mol. The molecule has 0 saturated carbocycles. The van der Waals surface area contributed by atoms with Gasteiger partial charge in [0.1, 0.15) is 20.2 Å². The molecule has 0 aliphatic heterocycles. The molecule has 340 valence electrons. The van der Waals surface area contributed by atoms with Crippen LogP contribution in [0.5, 0.6) is 0 Å². The summed E-state index contributed by atoms with van der Waals surface area (Å²) in [5.41, 5.74) is 5.92. The Kier molecular flexibility index (Phi) is 28.2. The summed E-state index contributed by atoms with van der Waals surface area (Å²) in [5.74, 6) is 0. The van der Waals surface area contributed by atoms with Gasteiger partial charge in [-0.1, -0.05) is 230 Å². The Bertz CT molecular complexity index is 1670. The molecular weight excluding hydrogens is 922 g/mol. The molecule has 0 aromatic heterocycles. The number of benzene rings is 2. The zero-order valence-electron chi connectivity index (χ0n) is 39.0. The largest absolute Gasteiger partial charge is 2.00 e. The molecule has 2 aliphatic carbocycles. The molecule has 0 radical (unpaired) electrons. The van der Waals surface area contributed by atoms with Gasteiger partial charge in [-0.05, 0) is 84.8 Å². The standard InChI is InChI=1S/2C26H42O3S.Ba/c2*1-3-5-7-9-10-11-12-13-17-23-20-22-26(30(27,28)29,21-16-8-6-4-2)25-19-15-14-18-24(23)25;/h2*14-15,18-20H,3-13,16-17,21-22H2,1-2H3,(H,27,28,29);/q;;+2/p-2. The first-order chi connectivity index (χ1) is 28.9. The van der Waals surface area contributed by atoms with Crippen LogP contribution in [0.2, 0.25) is 0 Å². The SMILES string of the molecule is CCCCCCCCCCC1=CCC(CCCCCC)(S(=O)(=O)[O-])c2ccccc21.CCCCCCCCCCC1=CCC(CCCCCC)(S(=O)(=O)[O-])c2ccccc21.[Ba+2]. The Morgan fingerprint density at radius 1 is 0.426 bits per heavy atom. The average Bonchev–Trinajstić information content (AvgIpc) is 3.23. The Morgan fingerprint density at radius 3 is 1.02 bits per heavy atom. The molecule has 2 aromatic rings. The molecule has 2 unspecified atom stereocenters. The topological polar surface area (TPSA) is 114 Å². The maximum atomic E-state index is 12.5. The molecule has 0 bridgehead atoms. The van der Waals surface area contributed by atoms with E-state index in [1.54, 1.807) is 0 Å². The van der Waals surface area contributed by atoms with Gasteiger partial charge in [0.25, 0.3) is 0 Å². The number of hydrogen-bond acceptors (Lipinski definition) is 6. The molecular formula is C52H82BaO6S2. The second-order valence-electron chi connectivity index (χ2n) is 17.9. The monoisotopic (exact) mass is 1000 g/mol. The van der Waals surface area contributed by atoms with Crippen LogP contribution in [-0.2, 0) is 29.7 Å². The Balaban J connectivity index is 0.000000413. The fourth-order valence-electron chi connectivity index (χ4n) is 9.58.